The number of nitrogens with one attached hydrogen (secondary N) is 1. The van der Waals surface area contributed by atoms with E-state index in [1.54, 1.807) is 0 Å². The summed E-state index contributed by atoms with van der Waals surface area (Å²) in [6.45, 7) is 2.72. The Bertz CT molecular complexity index is 522. The van der Waals surface area contributed by atoms with Crippen molar-refractivity contribution in [3.8, 4) is 5.75 Å². The Morgan fingerprint density at radius 1 is 1.50 bits per heavy atom. The van der Waals surface area contributed by atoms with Crippen LogP contribution >= 0.6 is 0 Å². The fourth-order valence-corrected chi connectivity index (χ4v) is 2.38. The molecule has 0 aliphatic carbocycles. The van der Waals surface area contributed by atoms with E-state index in [4.69, 9.17) is 5.11 Å². The van der Waals surface area contributed by atoms with Crippen molar-refractivity contribution in [2.75, 3.05) is 18.4 Å². The van der Waals surface area contributed by atoms with Crippen molar-refractivity contribution in [1.29, 1.82) is 0 Å². The summed E-state index contributed by atoms with van der Waals surface area (Å²) in [4.78, 5) is 16.1. The highest BCUT2D eigenvalue weighted by atomic mass is 19.4. The van der Waals surface area contributed by atoms with Crippen molar-refractivity contribution < 1.29 is 27.8 Å². The van der Waals surface area contributed by atoms with Gasteiger partial charge in [-0.1, -0.05) is 6.92 Å². The number of nitrogens with zero attached hydrogens (tertiary/aromatic N) is 2. The summed E-state index contributed by atoms with van der Waals surface area (Å²) in [7, 11) is 0. The van der Waals surface area contributed by atoms with E-state index in [-0.39, 0.29) is 17.7 Å². The van der Waals surface area contributed by atoms with Gasteiger partial charge in [0, 0.05) is 19.1 Å². The van der Waals surface area contributed by atoms with Crippen molar-refractivity contribution in [1.82, 2.24) is 9.88 Å². The highest BCUT2D eigenvalue weighted by Gasteiger charge is 2.31. The molecule has 1 saturated heterocycles. The van der Waals surface area contributed by atoms with Crippen LogP contribution in [-0.4, -0.2) is 46.6 Å². The maximum atomic E-state index is 12.0. The molecule has 2 heterocycles. The normalized spacial score (nSPS) is 22.3. The monoisotopic (exact) mass is 319 g/mol. The highest BCUT2D eigenvalue weighted by molar-refractivity contribution is 5.65. The zero-order chi connectivity index (χ0) is 16.3. The summed E-state index contributed by atoms with van der Waals surface area (Å²) in [6.07, 6.45) is -4.09. The number of hydrogen-bond donors (Lipinski definition) is 2. The minimum Gasteiger partial charge on any atom is -0.465 e. The van der Waals surface area contributed by atoms with Gasteiger partial charge in [0.05, 0.1) is 6.20 Å². The first kappa shape index (κ1) is 16.2. The van der Waals surface area contributed by atoms with Crippen molar-refractivity contribution in [3.05, 3.63) is 18.3 Å². The third kappa shape index (κ3) is 4.40. The van der Waals surface area contributed by atoms with E-state index < -0.39 is 12.5 Å². The molecule has 9 heteroatoms. The number of rotatable bonds is 3. The molecule has 1 aromatic rings. The molecule has 0 radical (unpaired) electrons. The van der Waals surface area contributed by atoms with E-state index in [2.05, 4.69) is 15.0 Å². The number of ether oxygens (including phenoxy) is 1. The lowest BCUT2D eigenvalue weighted by atomic mass is 9.94. The van der Waals surface area contributed by atoms with E-state index in [0.717, 1.165) is 6.20 Å². The molecule has 0 saturated carbocycles. The van der Waals surface area contributed by atoms with Gasteiger partial charge in [0.15, 0.2) is 0 Å². The lowest BCUT2D eigenvalue weighted by Gasteiger charge is -2.36. The zero-order valence-corrected chi connectivity index (χ0v) is 11.8. The molecule has 0 bridgehead atoms. The number of alkyl halides is 3. The van der Waals surface area contributed by atoms with Crippen LogP contribution in [0.5, 0.6) is 5.75 Å². The molecular formula is C13H16F3N3O3. The number of carboxylic acid groups (broad SMARTS) is 1. The molecule has 1 aliphatic rings. The number of likely N-dealkylation sites (tertiary alicyclic amines) is 1. The van der Waals surface area contributed by atoms with Gasteiger partial charge in [0.2, 0.25) is 0 Å². The Hall–Kier alpha value is -2.19. The fraction of sp³-hybridized carbons (Fsp3) is 0.538. The molecule has 2 atom stereocenters. The molecule has 0 spiro atoms. The molecule has 122 valence electrons. The molecule has 0 aromatic carbocycles. The number of piperidine rings is 1. The maximum Gasteiger partial charge on any atom is 0.573 e. The van der Waals surface area contributed by atoms with Crippen LogP contribution < -0.4 is 10.1 Å². The lowest BCUT2D eigenvalue weighted by Crippen LogP contribution is -2.47. The molecular weight excluding hydrogens is 303 g/mol. The summed E-state index contributed by atoms with van der Waals surface area (Å²) < 4.78 is 39.9. The molecule has 1 aliphatic heterocycles. The van der Waals surface area contributed by atoms with Gasteiger partial charge in [-0.3, -0.25) is 0 Å². The zero-order valence-electron chi connectivity index (χ0n) is 11.8. The molecule has 1 amide bonds. The molecule has 22 heavy (non-hydrogen) atoms. The molecule has 1 fully saturated rings. The first-order chi connectivity index (χ1) is 10.2. The Balaban J connectivity index is 1.93. The number of halogens is 3. The van der Waals surface area contributed by atoms with Crippen molar-refractivity contribution in [2.24, 2.45) is 5.92 Å². The maximum absolute atomic E-state index is 12.0. The largest absolute Gasteiger partial charge is 0.573 e. The number of anilines is 1. The van der Waals surface area contributed by atoms with Crippen LogP contribution in [0, 0.1) is 5.92 Å². The van der Waals surface area contributed by atoms with E-state index in [1.807, 2.05) is 6.92 Å². The third-order valence-corrected chi connectivity index (χ3v) is 3.48. The second-order valence-corrected chi connectivity index (χ2v) is 5.17. The summed E-state index contributed by atoms with van der Waals surface area (Å²) in [5.74, 6) is 0.111. The molecule has 6 nitrogen and oxygen atoms in total. The van der Waals surface area contributed by atoms with Gasteiger partial charge in [0.1, 0.15) is 11.6 Å². The Morgan fingerprint density at radius 3 is 2.73 bits per heavy atom. The van der Waals surface area contributed by atoms with E-state index in [9.17, 15) is 18.0 Å². The van der Waals surface area contributed by atoms with Gasteiger partial charge < -0.3 is 20.1 Å². The fourth-order valence-electron chi connectivity index (χ4n) is 2.38. The summed E-state index contributed by atoms with van der Waals surface area (Å²) in [6, 6.07) is 2.59. The number of amides is 1. The van der Waals surface area contributed by atoms with Crippen molar-refractivity contribution in [2.45, 2.75) is 25.7 Å². The van der Waals surface area contributed by atoms with Gasteiger partial charge >= 0.3 is 12.5 Å². The molecule has 0 unspecified atom stereocenters. The average Bonchev–Trinajstić information content (AvgIpc) is 2.41. The van der Waals surface area contributed by atoms with Gasteiger partial charge in [-0.05, 0) is 24.5 Å². The minimum atomic E-state index is -4.74. The van der Waals surface area contributed by atoms with Crippen LogP contribution in [0.3, 0.4) is 0 Å². The van der Waals surface area contributed by atoms with Gasteiger partial charge in [-0.2, -0.15) is 0 Å². The van der Waals surface area contributed by atoms with Crippen molar-refractivity contribution in [3.63, 3.8) is 0 Å². The average molecular weight is 319 g/mol. The number of pyridine rings is 1. The molecule has 1 aromatic heterocycles. The third-order valence-electron chi connectivity index (χ3n) is 3.48. The number of aromatic nitrogens is 1. The van der Waals surface area contributed by atoms with Gasteiger partial charge in [-0.25, -0.2) is 9.78 Å². The standard InChI is InChI=1S/C13H16F3N3O3/c1-8-7-19(12(20)21)5-4-10(8)18-11-3-2-9(6-17-11)22-13(14,15)16/h2-3,6,8,10H,4-5,7H2,1H3,(H,17,18)(H,20,21)/t8-,10-/m1/s1. The predicted molar refractivity (Wildman–Crippen MR) is 71.7 cm³/mol. The van der Waals surface area contributed by atoms with Crippen LogP contribution in [0.15, 0.2) is 18.3 Å². The molecule has 2 rings (SSSR count). The minimum absolute atomic E-state index is 0.0116. The van der Waals surface area contributed by atoms with Crippen LogP contribution in [-0.2, 0) is 0 Å². The first-order valence-corrected chi connectivity index (χ1v) is 6.71. The van der Waals surface area contributed by atoms with E-state index in [0.29, 0.717) is 25.3 Å². The Kier molecular flexibility index (Phi) is 4.62. The Morgan fingerprint density at radius 2 is 2.23 bits per heavy atom. The highest BCUT2D eigenvalue weighted by Crippen LogP contribution is 2.24. The molecule has 2 N–H and O–H groups in total. The predicted octanol–water partition coefficient (Wildman–Crippen LogP) is 2.78. The lowest BCUT2D eigenvalue weighted by molar-refractivity contribution is -0.274. The van der Waals surface area contributed by atoms with E-state index in [1.165, 1.54) is 17.0 Å². The van der Waals surface area contributed by atoms with Crippen LogP contribution in [0.4, 0.5) is 23.8 Å². The Labute approximate surface area is 124 Å². The SMILES string of the molecule is C[C@@H]1CN(C(=O)O)CC[C@H]1Nc1ccc(OC(F)(F)F)cn1. The smallest absolute Gasteiger partial charge is 0.465 e. The number of hydrogen-bond acceptors (Lipinski definition) is 4. The van der Waals surface area contributed by atoms with Crippen LogP contribution in [0.25, 0.3) is 0 Å². The van der Waals surface area contributed by atoms with E-state index >= 15 is 0 Å². The first-order valence-electron chi connectivity index (χ1n) is 6.71. The number of carbonyl (C=O) groups is 1. The van der Waals surface area contributed by atoms with Crippen molar-refractivity contribution >= 4 is 11.9 Å². The van der Waals surface area contributed by atoms with Gasteiger partial charge in [-0.15, -0.1) is 13.2 Å². The topological polar surface area (TPSA) is 74.7 Å². The van der Waals surface area contributed by atoms with Crippen LogP contribution in [0.1, 0.15) is 13.3 Å². The second kappa shape index (κ2) is 6.29. The summed E-state index contributed by atoms with van der Waals surface area (Å²) >= 11 is 0. The second-order valence-electron chi connectivity index (χ2n) is 5.17. The van der Waals surface area contributed by atoms with Gasteiger partial charge in [0.25, 0.3) is 0 Å². The summed E-state index contributed by atoms with van der Waals surface area (Å²) in [5.41, 5.74) is 0. The quantitative estimate of drug-likeness (QED) is 0.896. The van der Waals surface area contributed by atoms with Crippen LogP contribution in [0.2, 0.25) is 0 Å². The summed E-state index contributed by atoms with van der Waals surface area (Å²) in [5, 5.41) is 12.1.